The Hall–Kier alpha value is -2.55. The van der Waals surface area contributed by atoms with E-state index in [0.29, 0.717) is 16.1 Å². The van der Waals surface area contributed by atoms with Crippen molar-refractivity contribution in [2.75, 3.05) is 7.11 Å². The molecule has 1 unspecified atom stereocenters. The molecule has 5 nitrogen and oxygen atoms in total. The van der Waals surface area contributed by atoms with E-state index in [1.807, 2.05) is 17.5 Å². The smallest absolute Gasteiger partial charge is 0.338 e. The van der Waals surface area contributed by atoms with Crippen molar-refractivity contribution in [2.24, 2.45) is 4.99 Å². The minimum Gasteiger partial charge on any atom is -0.466 e. The summed E-state index contributed by atoms with van der Waals surface area (Å²) >= 11 is 8.65. The van der Waals surface area contributed by atoms with Gasteiger partial charge in [-0.2, -0.15) is 0 Å². The standard InChI is InChI=1S/C20H14ClFN2O3S2/c1-10-16(19(26)27-2)17(14-7-4-8-28-14)24-18(25)15(29-20(24)23-10)9-11-12(21)5-3-6-13(11)22/h3-9,17H,1-2H3/b15-9-. The molecular formula is C20H14ClFN2O3S2. The van der Waals surface area contributed by atoms with Crippen molar-refractivity contribution in [2.45, 2.75) is 13.0 Å². The number of thiazole rings is 1. The normalized spacial score (nSPS) is 16.6. The van der Waals surface area contributed by atoms with E-state index in [9.17, 15) is 14.0 Å². The first-order valence-corrected chi connectivity index (χ1v) is 10.6. The Labute approximate surface area is 177 Å². The maximum absolute atomic E-state index is 14.2. The summed E-state index contributed by atoms with van der Waals surface area (Å²) in [6.07, 6.45) is 1.42. The lowest BCUT2D eigenvalue weighted by Gasteiger charge is -2.22. The van der Waals surface area contributed by atoms with Gasteiger partial charge in [0.1, 0.15) is 11.9 Å². The molecule has 4 rings (SSSR count). The molecule has 2 aromatic heterocycles. The Kier molecular flexibility index (Phi) is 5.24. The molecule has 9 heteroatoms. The van der Waals surface area contributed by atoms with E-state index in [1.54, 1.807) is 13.0 Å². The lowest BCUT2D eigenvalue weighted by molar-refractivity contribution is -0.136. The summed E-state index contributed by atoms with van der Waals surface area (Å²) in [6, 6.07) is 7.38. The van der Waals surface area contributed by atoms with E-state index >= 15 is 0 Å². The van der Waals surface area contributed by atoms with Crippen LogP contribution in [0.3, 0.4) is 0 Å². The number of hydrogen-bond acceptors (Lipinski definition) is 6. The van der Waals surface area contributed by atoms with E-state index in [0.717, 1.165) is 16.2 Å². The predicted molar refractivity (Wildman–Crippen MR) is 112 cm³/mol. The molecule has 0 fully saturated rings. The summed E-state index contributed by atoms with van der Waals surface area (Å²) < 4.78 is 20.9. The molecule has 3 heterocycles. The maximum Gasteiger partial charge on any atom is 0.338 e. The molecule has 0 bridgehead atoms. The molecule has 0 spiro atoms. The molecule has 1 aromatic carbocycles. The Morgan fingerprint density at radius 1 is 1.34 bits per heavy atom. The zero-order valence-corrected chi connectivity index (χ0v) is 17.7. The van der Waals surface area contributed by atoms with Gasteiger partial charge in [-0.25, -0.2) is 14.2 Å². The number of aromatic nitrogens is 1. The second-order valence-corrected chi connectivity index (χ2v) is 8.62. The number of benzene rings is 1. The number of carbonyl (C=O) groups is 1. The highest BCUT2D eigenvalue weighted by Crippen LogP contribution is 2.33. The van der Waals surface area contributed by atoms with Crippen LogP contribution in [0.15, 0.2) is 56.8 Å². The summed E-state index contributed by atoms with van der Waals surface area (Å²) in [5.41, 5.74) is 0.543. The fourth-order valence-corrected chi connectivity index (χ4v) is 5.26. The Morgan fingerprint density at radius 2 is 2.14 bits per heavy atom. The van der Waals surface area contributed by atoms with Crippen molar-refractivity contribution in [3.63, 3.8) is 0 Å². The zero-order valence-electron chi connectivity index (χ0n) is 15.3. The predicted octanol–water partition coefficient (Wildman–Crippen LogP) is 3.26. The van der Waals surface area contributed by atoms with Crippen molar-refractivity contribution < 1.29 is 13.9 Å². The first-order valence-electron chi connectivity index (χ1n) is 8.50. The van der Waals surface area contributed by atoms with Crippen LogP contribution in [0.1, 0.15) is 23.4 Å². The van der Waals surface area contributed by atoms with E-state index in [2.05, 4.69) is 4.99 Å². The number of fused-ring (bicyclic) bond motifs is 1. The molecule has 148 valence electrons. The molecule has 0 radical (unpaired) electrons. The van der Waals surface area contributed by atoms with Gasteiger partial charge >= 0.3 is 5.97 Å². The number of carbonyl (C=O) groups excluding carboxylic acids is 1. The van der Waals surface area contributed by atoms with Crippen LogP contribution in [0.4, 0.5) is 4.39 Å². The highest BCUT2D eigenvalue weighted by atomic mass is 35.5. The Balaban J connectivity index is 2.00. The van der Waals surface area contributed by atoms with Gasteiger partial charge in [0.2, 0.25) is 0 Å². The van der Waals surface area contributed by atoms with Crippen molar-refractivity contribution in [1.82, 2.24) is 4.57 Å². The summed E-state index contributed by atoms with van der Waals surface area (Å²) in [5.74, 6) is -1.07. The van der Waals surface area contributed by atoms with E-state index < -0.39 is 17.8 Å². The first kappa shape index (κ1) is 19.8. The Morgan fingerprint density at radius 3 is 2.79 bits per heavy atom. The van der Waals surface area contributed by atoms with Gasteiger partial charge in [-0.3, -0.25) is 9.36 Å². The fraction of sp³-hybridized carbons (Fsp3) is 0.150. The number of rotatable bonds is 3. The Bertz CT molecular complexity index is 1300. The highest BCUT2D eigenvalue weighted by molar-refractivity contribution is 7.10. The van der Waals surface area contributed by atoms with Crippen LogP contribution in [-0.4, -0.2) is 17.6 Å². The average Bonchev–Trinajstić information content (AvgIpc) is 3.32. The number of thiophene rings is 1. The lowest BCUT2D eigenvalue weighted by atomic mass is 10.0. The molecule has 1 atom stereocenters. The van der Waals surface area contributed by atoms with Gasteiger partial charge in [0.15, 0.2) is 4.80 Å². The minimum absolute atomic E-state index is 0.135. The van der Waals surface area contributed by atoms with Gasteiger partial charge in [-0.05, 0) is 36.6 Å². The van der Waals surface area contributed by atoms with Crippen molar-refractivity contribution in [3.8, 4) is 0 Å². The fourth-order valence-electron chi connectivity index (χ4n) is 3.19. The summed E-state index contributed by atoms with van der Waals surface area (Å²) in [7, 11) is 1.29. The maximum atomic E-state index is 14.2. The minimum atomic E-state index is -0.656. The molecule has 0 aliphatic carbocycles. The number of esters is 1. The van der Waals surface area contributed by atoms with E-state index in [4.69, 9.17) is 16.3 Å². The largest absolute Gasteiger partial charge is 0.466 e. The van der Waals surface area contributed by atoms with Crippen LogP contribution >= 0.6 is 34.3 Å². The van der Waals surface area contributed by atoms with Crippen molar-refractivity contribution in [1.29, 1.82) is 0 Å². The summed E-state index contributed by atoms with van der Waals surface area (Å²) in [5, 5.41) is 2.08. The van der Waals surface area contributed by atoms with Crippen LogP contribution in [0, 0.1) is 5.82 Å². The third kappa shape index (κ3) is 3.37. The molecule has 0 amide bonds. The number of nitrogens with zero attached hydrogens (tertiary/aromatic N) is 2. The van der Waals surface area contributed by atoms with Gasteiger partial charge in [0.25, 0.3) is 5.56 Å². The molecular weight excluding hydrogens is 435 g/mol. The van der Waals surface area contributed by atoms with Gasteiger partial charge in [0, 0.05) is 10.4 Å². The number of halogens is 2. The highest BCUT2D eigenvalue weighted by Gasteiger charge is 2.33. The van der Waals surface area contributed by atoms with Crippen molar-refractivity contribution >= 4 is 46.3 Å². The van der Waals surface area contributed by atoms with Crippen LogP contribution in [0.25, 0.3) is 6.08 Å². The molecule has 3 aromatic rings. The number of methoxy groups -OCH3 is 1. The van der Waals surface area contributed by atoms with Crippen LogP contribution in [0.2, 0.25) is 5.02 Å². The molecule has 1 aliphatic heterocycles. The van der Waals surface area contributed by atoms with E-state index in [-0.39, 0.29) is 20.7 Å². The van der Waals surface area contributed by atoms with Crippen LogP contribution in [-0.2, 0) is 9.53 Å². The van der Waals surface area contributed by atoms with E-state index in [1.165, 1.54) is 41.2 Å². The topological polar surface area (TPSA) is 60.7 Å². The van der Waals surface area contributed by atoms with Gasteiger partial charge in [-0.15, -0.1) is 11.3 Å². The van der Waals surface area contributed by atoms with Crippen LogP contribution < -0.4 is 14.9 Å². The van der Waals surface area contributed by atoms with Gasteiger partial charge < -0.3 is 4.74 Å². The number of ether oxygens (including phenoxy) is 1. The number of hydrogen-bond donors (Lipinski definition) is 0. The van der Waals surface area contributed by atoms with Gasteiger partial charge in [0.05, 0.1) is 27.9 Å². The summed E-state index contributed by atoms with van der Waals surface area (Å²) in [6.45, 7) is 1.71. The lowest BCUT2D eigenvalue weighted by Crippen LogP contribution is -2.39. The number of allylic oxidation sites excluding steroid dienone is 1. The van der Waals surface area contributed by atoms with Gasteiger partial charge in [-0.1, -0.05) is 35.1 Å². The van der Waals surface area contributed by atoms with Crippen LogP contribution in [0.5, 0.6) is 0 Å². The van der Waals surface area contributed by atoms with Crippen molar-refractivity contribution in [3.05, 3.63) is 88.0 Å². The molecule has 1 aliphatic rings. The quantitative estimate of drug-likeness (QED) is 0.578. The second kappa shape index (κ2) is 7.70. The average molecular weight is 449 g/mol. The molecule has 0 saturated carbocycles. The zero-order chi connectivity index (χ0) is 20.7. The molecule has 0 saturated heterocycles. The third-order valence-corrected chi connectivity index (χ3v) is 6.75. The summed E-state index contributed by atoms with van der Waals surface area (Å²) in [4.78, 5) is 31.4. The molecule has 29 heavy (non-hydrogen) atoms. The monoisotopic (exact) mass is 448 g/mol. The third-order valence-electron chi connectivity index (χ3n) is 4.51. The SMILES string of the molecule is COC(=O)C1=C(C)N=c2s/c(=C\c3c(F)cccc3Cl)c(=O)n2C1c1cccs1. The molecule has 0 N–H and O–H groups in total. The second-order valence-electron chi connectivity index (χ2n) is 6.22. The first-order chi connectivity index (χ1) is 13.9.